The van der Waals surface area contributed by atoms with E-state index in [1.54, 1.807) is 30.4 Å². The summed E-state index contributed by atoms with van der Waals surface area (Å²) in [4.78, 5) is 14.9. The number of benzene rings is 2. The fraction of sp³-hybridized carbons (Fsp3) is 0.190. The highest BCUT2D eigenvalue weighted by molar-refractivity contribution is 5.96. The number of hydrogen-bond donors (Lipinski definition) is 0. The first-order chi connectivity index (χ1) is 12.2. The van der Waals surface area contributed by atoms with Gasteiger partial charge in [0.15, 0.2) is 0 Å². The minimum absolute atomic E-state index is 0.0885. The molecule has 0 saturated carbocycles. The van der Waals surface area contributed by atoms with E-state index < -0.39 is 0 Å². The van der Waals surface area contributed by atoms with Gasteiger partial charge in [-0.2, -0.15) is 0 Å². The molecule has 1 aromatic heterocycles. The summed E-state index contributed by atoms with van der Waals surface area (Å²) in [6, 6.07) is 19.2. The van der Waals surface area contributed by atoms with Crippen molar-refractivity contribution in [1.82, 2.24) is 4.90 Å². The van der Waals surface area contributed by atoms with Crippen molar-refractivity contribution < 1.29 is 13.9 Å². The lowest BCUT2D eigenvalue weighted by Crippen LogP contribution is -2.30. The van der Waals surface area contributed by atoms with Crippen LogP contribution in [0.2, 0.25) is 0 Å². The molecule has 0 aliphatic carbocycles. The molecule has 0 fully saturated rings. The molecule has 0 atom stereocenters. The Morgan fingerprint density at radius 1 is 1.00 bits per heavy atom. The summed E-state index contributed by atoms with van der Waals surface area (Å²) in [6.45, 7) is 2.94. The summed E-state index contributed by atoms with van der Waals surface area (Å²) in [7, 11) is 1.57. The second kappa shape index (κ2) is 7.71. The SMILES string of the molecule is COc1ccccc1C(=O)N(Cc1ccc(C)cc1)Cc1ccco1. The van der Waals surface area contributed by atoms with Crippen LogP contribution in [0, 0.1) is 6.92 Å². The molecule has 25 heavy (non-hydrogen) atoms. The molecule has 4 heteroatoms. The van der Waals surface area contributed by atoms with E-state index in [2.05, 4.69) is 0 Å². The Morgan fingerprint density at radius 3 is 2.44 bits per heavy atom. The van der Waals surface area contributed by atoms with E-state index in [1.165, 1.54) is 5.56 Å². The van der Waals surface area contributed by atoms with Crippen molar-refractivity contribution in [2.75, 3.05) is 7.11 Å². The molecular weight excluding hydrogens is 314 g/mol. The van der Waals surface area contributed by atoms with Crippen LogP contribution in [0.5, 0.6) is 5.75 Å². The zero-order chi connectivity index (χ0) is 17.6. The van der Waals surface area contributed by atoms with Crippen LogP contribution < -0.4 is 4.74 Å². The Hall–Kier alpha value is -3.01. The van der Waals surface area contributed by atoms with Crippen LogP contribution in [0.25, 0.3) is 0 Å². The Balaban J connectivity index is 1.89. The third kappa shape index (κ3) is 4.10. The van der Waals surface area contributed by atoms with E-state index in [0.717, 1.165) is 11.3 Å². The normalized spacial score (nSPS) is 10.5. The molecule has 0 spiro atoms. The van der Waals surface area contributed by atoms with E-state index in [9.17, 15) is 4.79 Å². The number of rotatable bonds is 6. The number of carbonyl (C=O) groups excluding carboxylic acids is 1. The summed E-state index contributed by atoms with van der Waals surface area (Å²) in [5.41, 5.74) is 2.81. The number of furan rings is 1. The van der Waals surface area contributed by atoms with Crippen LogP contribution in [-0.4, -0.2) is 17.9 Å². The quantitative estimate of drug-likeness (QED) is 0.669. The first-order valence-electron chi connectivity index (χ1n) is 8.17. The minimum atomic E-state index is -0.0885. The van der Waals surface area contributed by atoms with E-state index in [0.29, 0.717) is 24.4 Å². The van der Waals surface area contributed by atoms with Crippen LogP contribution >= 0.6 is 0 Å². The fourth-order valence-electron chi connectivity index (χ4n) is 2.70. The highest BCUT2D eigenvalue weighted by atomic mass is 16.5. The average molecular weight is 335 g/mol. The summed E-state index contributed by atoms with van der Waals surface area (Å²) in [5.74, 6) is 1.23. The first kappa shape index (κ1) is 16.8. The first-order valence-corrected chi connectivity index (χ1v) is 8.17. The number of carbonyl (C=O) groups is 1. The van der Waals surface area contributed by atoms with Crippen molar-refractivity contribution in [3.63, 3.8) is 0 Å². The highest BCUT2D eigenvalue weighted by Gasteiger charge is 2.20. The fourth-order valence-corrected chi connectivity index (χ4v) is 2.70. The number of para-hydroxylation sites is 1. The van der Waals surface area contributed by atoms with E-state index in [1.807, 2.05) is 55.5 Å². The van der Waals surface area contributed by atoms with Gasteiger partial charge in [-0.15, -0.1) is 0 Å². The van der Waals surface area contributed by atoms with Gasteiger partial charge in [-0.05, 0) is 36.8 Å². The molecule has 1 heterocycles. The second-order valence-corrected chi connectivity index (χ2v) is 5.93. The minimum Gasteiger partial charge on any atom is -0.496 e. The zero-order valence-electron chi connectivity index (χ0n) is 14.4. The topological polar surface area (TPSA) is 42.7 Å². The largest absolute Gasteiger partial charge is 0.496 e. The Bertz CT molecular complexity index is 823. The predicted molar refractivity (Wildman–Crippen MR) is 96.5 cm³/mol. The number of methoxy groups -OCH3 is 1. The molecule has 2 aromatic carbocycles. The van der Waals surface area contributed by atoms with Gasteiger partial charge in [0.25, 0.3) is 5.91 Å². The third-order valence-electron chi connectivity index (χ3n) is 4.05. The molecule has 4 nitrogen and oxygen atoms in total. The second-order valence-electron chi connectivity index (χ2n) is 5.93. The number of hydrogen-bond acceptors (Lipinski definition) is 3. The van der Waals surface area contributed by atoms with Gasteiger partial charge < -0.3 is 14.1 Å². The summed E-state index contributed by atoms with van der Waals surface area (Å²) < 4.78 is 10.8. The Morgan fingerprint density at radius 2 is 1.76 bits per heavy atom. The van der Waals surface area contributed by atoms with Gasteiger partial charge in [-0.1, -0.05) is 42.0 Å². The molecule has 128 valence electrons. The molecule has 0 aliphatic rings. The van der Waals surface area contributed by atoms with Crippen molar-refractivity contribution in [2.45, 2.75) is 20.0 Å². The van der Waals surface area contributed by atoms with Crippen molar-refractivity contribution in [2.24, 2.45) is 0 Å². The predicted octanol–water partition coefficient (Wildman–Crippen LogP) is 4.44. The van der Waals surface area contributed by atoms with Gasteiger partial charge >= 0.3 is 0 Å². The molecule has 3 rings (SSSR count). The Labute approximate surface area is 147 Å². The van der Waals surface area contributed by atoms with Crippen LogP contribution in [0.15, 0.2) is 71.3 Å². The van der Waals surface area contributed by atoms with Crippen molar-refractivity contribution in [3.05, 3.63) is 89.4 Å². The van der Waals surface area contributed by atoms with Gasteiger partial charge in [-0.3, -0.25) is 4.79 Å². The average Bonchev–Trinajstić information content (AvgIpc) is 3.15. The lowest BCUT2D eigenvalue weighted by molar-refractivity contribution is 0.0714. The third-order valence-corrected chi connectivity index (χ3v) is 4.05. The lowest BCUT2D eigenvalue weighted by atomic mass is 10.1. The maximum atomic E-state index is 13.1. The van der Waals surface area contributed by atoms with Gasteiger partial charge in [0.2, 0.25) is 0 Å². The summed E-state index contributed by atoms with van der Waals surface area (Å²) in [5, 5.41) is 0. The van der Waals surface area contributed by atoms with E-state index in [4.69, 9.17) is 9.15 Å². The zero-order valence-corrected chi connectivity index (χ0v) is 14.4. The molecule has 0 bridgehead atoms. The van der Waals surface area contributed by atoms with Crippen molar-refractivity contribution in [1.29, 1.82) is 0 Å². The van der Waals surface area contributed by atoms with E-state index >= 15 is 0 Å². The Kier molecular flexibility index (Phi) is 5.19. The molecular formula is C21H21NO3. The van der Waals surface area contributed by atoms with Gasteiger partial charge in [0.1, 0.15) is 11.5 Å². The van der Waals surface area contributed by atoms with Gasteiger partial charge in [0, 0.05) is 6.54 Å². The summed E-state index contributed by atoms with van der Waals surface area (Å²) in [6.07, 6.45) is 1.62. The standard InChI is InChI=1S/C21H21NO3/c1-16-9-11-17(12-10-16)14-22(15-18-6-5-13-25-18)21(23)19-7-3-4-8-20(19)24-2/h3-13H,14-15H2,1-2H3. The van der Waals surface area contributed by atoms with Crippen molar-refractivity contribution in [3.8, 4) is 5.75 Å². The molecule has 0 aliphatic heterocycles. The number of ether oxygens (including phenoxy) is 1. The summed E-state index contributed by atoms with van der Waals surface area (Å²) >= 11 is 0. The van der Waals surface area contributed by atoms with Crippen LogP contribution in [-0.2, 0) is 13.1 Å². The van der Waals surface area contributed by atoms with Gasteiger partial charge in [0.05, 0.1) is 25.5 Å². The number of amides is 1. The number of aryl methyl sites for hydroxylation is 1. The molecule has 0 saturated heterocycles. The monoisotopic (exact) mass is 335 g/mol. The maximum absolute atomic E-state index is 13.1. The molecule has 1 amide bonds. The molecule has 0 unspecified atom stereocenters. The molecule has 0 N–H and O–H groups in total. The molecule has 0 radical (unpaired) electrons. The van der Waals surface area contributed by atoms with Crippen LogP contribution in [0.4, 0.5) is 0 Å². The van der Waals surface area contributed by atoms with Crippen LogP contribution in [0.3, 0.4) is 0 Å². The number of nitrogens with zero attached hydrogens (tertiary/aromatic N) is 1. The van der Waals surface area contributed by atoms with Gasteiger partial charge in [-0.25, -0.2) is 0 Å². The maximum Gasteiger partial charge on any atom is 0.258 e. The lowest BCUT2D eigenvalue weighted by Gasteiger charge is -2.23. The smallest absolute Gasteiger partial charge is 0.258 e. The van der Waals surface area contributed by atoms with Crippen molar-refractivity contribution >= 4 is 5.91 Å². The highest BCUT2D eigenvalue weighted by Crippen LogP contribution is 2.22. The van der Waals surface area contributed by atoms with E-state index in [-0.39, 0.29) is 5.91 Å². The van der Waals surface area contributed by atoms with Crippen LogP contribution in [0.1, 0.15) is 27.2 Å². The molecule has 3 aromatic rings.